The maximum Gasteiger partial charge on any atom is 0.233 e. The third-order valence-electron chi connectivity index (χ3n) is 6.82. The highest BCUT2D eigenvalue weighted by molar-refractivity contribution is 6.06. The number of rotatable bonds is 7. The number of aromatic nitrogens is 2. The minimum Gasteiger partial charge on any atom is -0.355 e. The zero-order valence-corrected chi connectivity index (χ0v) is 18.1. The van der Waals surface area contributed by atoms with E-state index in [-0.39, 0.29) is 35.5 Å². The van der Waals surface area contributed by atoms with Crippen molar-refractivity contribution in [2.45, 2.75) is 19.5 Å². The number of guanidine groups is 1. The van der Waals surface area contributed by atoms with Crippen molar-refractivity contribution < 1.29 is 9.59 Å². The van der Waals surface area contributed by atoms with E-state index in [1.165, 1.54) is 10.5 Å². The first kappa shape index (κ1) is 20.5. The molecule has 1 saturated heterocycles. The summed E-state index contributed by atoms with van der Waals surface area (Å²) in [4.78, 5) is 35.3. The van der Waals surface area contributed by atoms with Gasteiger partial charge in [-0.2, -0.15) is 0 Å². The lowest BCUT2D eigenvalue weighted by molar-refractivity contribution is -0.140. The molecule has 1 aliphatic heterocycles. The van der Waals surface area contributed by atoms with Gasteiger partial charge in [-0.25, -0.2) is 4.98 Å². The van der Waals surface area contributed by atoms with Gasteiger partial charge < -0.3 is 15.2 Å². The first-order valence-corrected chi connectivity index (χ1v) is 11.2. The van der Waals surface area contributed by atoms with Gasteiger partial charge in [-0.3, -0.25) is 19.5 Å². The number of aliphatic imine (C=N–C) groups is 1. The van der Waals surface area contributed by atoms with Gasteiger partial charge in [0.05, 0.1) is 18.2 Å². The predicted octanol–water partition coefficient (Wildman–Crippen LogP) is 1.40. The lowest BCUT2D eigenvalue weighted by atomic mass is 9.85. The van der Waals surface area contributed by atoms with Gasteiger partial charge in [0.25, 0.3) is 0 Å². The molecular weight excluding hydrogens is 404 g/mol. The van der Waals surface area contributed by atoms with Crippen molar-refractivity contribution in [3.63, 3.8) is 0 Å². The second-order valence-corrected chi connectivity index (χ2v) is 8.73. The zero-order chi connectivity index (χ0) is 22.1. The molecule has 4 atom stereocenters. The largest absolute Gasteiger partial charge is 0.355 e. The Morgan fingerprint density at radius 3 is 2.38 bits per heavy atom. The Labute approximate surface area is 187 Å². The van der Waals surface area contributed by atoms with Crippen LogP contribution in [0.3, 0.4) is 0 Å². The molecule has 2 heterocycles. The lowest BCUT2D eigenvalue weighted by Gasteiger charge is -2.18. The van der Waals surface area contributed by atoms with Gasteiger partial charge in [-0.15, -0.1) is 0 Å². The minimum atomic E-state index is -0.133. The number of imidazole rings is 1. The van der Waals surface area contributed by atoms with Crippen LogP contribution in [0.25, 0.3) is 0 Å². The number of nitrogens with one attached hydrogen (secondary N) is 2. The van der Waals surface area contributed by atoms with Gasteiger partial charge in [0.2, 0.25) is 11.8 Å². The number of hydrogen-bond donors (Lipinski definition) is 2. The second kappa shape index (κ2) is 8.61. The molecule has 8 heteroatoms. The molecule has 1 saturated carbocycles. The molecular formula is C24H28N6O2. The number of allylic oxidation sites excluding steroid dienone is 2. The Balaban J connectivity index is 1.08. The van der Waals surface area contributed by atoms with E-state index in [1.54, 1.807) is 13.2 Å². The summed E-state index contributed by atoms with van der Waals surface area (Å²) in [6.07, 6.45) is 10.7. The third-order valence-corrected chi connectivity index (χ3v) is 6.82. The molecule has 2 N–H and O–H groups in total. The summed E-state index contributed by atoms with van der Waals surface area (Å²) >= 11 is 0. The monoisotopic (exact) mass is 432 g/mol. The van der Waals surface area contributed by atoms with Gasteiger partial charge >= 0.3 is 0 Å². The maximum absolute atomic E-state index is 12.8. The standard InChI is InChI=1S/C24H28N6O2/c1-25-24(28-13-16-2-4-17(5-3-16)14-29-10-8-26-15-29)27-9-11-30-22(31)20-18-6-7-19(12-18)21(20)23(30)32/h2-8,10,15,18-21H,9,11-14H2,1H3,(H2,25,27,28). The van der Waals surface area contributed by atoms with Crippen molar-refractivity contribution >= 4 is 17.8 Å². The van der Waals surface area contributed by atoms with Crippen LogP contribution < -0.4 is 10.6 Å². The summed E-state index contributed by atoms with van der Waals surface area (Å²) < 4.78 is 2.03. The Bertz CT molecular complexity index is 1010. The van der Waals surface area contributed by atoms with E-state index in [2.05, 4.69) is 57.0 Å². The quantitative estimate of drug-likeness (QED) is 0.299. The molecule has 0 spiro atoms. The van der Waals surface area contributed by atoms with E-state index in [4.69, 9.17) is 0 Å². The molecule has 2 amide bonds. The second-order valence-electron chi connectivity index (χ2n) is 8.73. The molecule has 2 aliphatic carbocycles. The van der Waals surface area contributed by atoms with Crippen LogP contribution >= 0.6 is 0 Å². The summed E-state index contributed by atoms with van der Waals surface area (Å²) in [5, 5.41) is 6.51. The lowest BCUT2D eigenvalue weighted by Crippen LogP contribution is -2.43. The van der Waals surface area contributed by atoms with Gasteiger partial charge in [-0.05, 0) is 29.4 Å². The molecule has 1 aromatic carbocycles. The van der Waals surface area contributed by atoms with E-state index in [1.807, 2.05) is 17.1 Å². The molecule has 166 valence electrons. The summed E-state index contributed by atoms with van der Waals surface area (Å²) in [6, 6.07) is 8.40. The summed E-state index contributed by atoms with van der Waals surface area (Å²) in [5.41, 5.74) is 2.35. The summed E-state index contributed by atoms with van der Waals surface area (Å²) in [7, 11) is 1.71. The van der Waals surface area contributed by atoms with Crippen LogP contribution in [-0.4, -0.2) is 52.4 Å². The molecule has 0 radical (unpaired) electrons. The van der Waals surface area contributed by atoms with E-state index < -0.39 is 0 Å². The molecule has 2 fully saturated rings. The summed E-state index contributed by atoms with van der Waals surface area (Å²) in [5.74, 6) is 0.877. The van der Waals surface area contributed by atoms with Crippen LogP contribution in [0.2, 0.25) is 0 Å². The smallest absolute Gasteiger partial charge is 0.233 e. The fraction of sp³-hybridized carbons (Fsp3) is 0.417. The van der Waals surface area contributed by atoms with Crippen molar-refractivity contribution in [2.24, 2.45) is 28.7 Å². The summed E-state index contributed by atoms with van der Waals surface area (Å²) in [6.45, 7) is 2.27. The number of carbonyl (C=O) groups is 2. The van der Waals surface area contributed by atoms with E-state index in [0.717, 1.165) is 18.5 Å². The number of fused-ring (bicyclic) bond motifs is 5. The van der Waals surface area contributed by atoms with E-state index in [0.29, 0.717) is 25.6 Å². The average molecular weight is 433 g/mol. The predicted molar refractivity (Wildman–Crippen MR) is 120 cm³/mol. The van der Waals surface area contributed by atoms with Crippen molar-refractivity contribution in [1.82, 2.24) is 25.1 Å². The zero-order valence-electron chi connectivity index (χ0n) is 18.1. The fourth-order valence-corrected chi connectivity index (χ4v) is 5.23. The van der Waals surface area contributed by atoms with E-state index in [9.17, 15) is 9.59 Å². The van der Waals surface area contributed by atoms with Crippen LogP contribution in [0.4, 0.5) is 0 Å². The molecule has 32 heavy (non-hydrogen) atoms. The minimum absolute atomic E-state index is 0.00243. The highest BCUT2D eigenvalue weighted by Crippen LogP contribution is 2.52. The number of nitrogens with zero attached hydrogens (tertiary/aromatic N) is 4. The number of likely N-dealkylation sites (tertiary alicyclic amines) is 1. The Morgan fingerprint density at radius 1 is 1.06 bits per heavy atom. The Morgan fingerprint density at radius 2 is 1.75 bits per heavy atom. The first-order chi connectivity index (χ1) is 15.6. The Kier molecular flexibility index (Phi) is 5.51. The van der Waals surface area contributed by atoms with Crippen LogP contribution in [0.15, 0.2) is 60.1 Å². The maximum atomic E-state index is 12.8. The van der Waals surface area contributed by atoms with Crippen molar-refractivity contribution in [1.29, 1.82) is 0 Å². The highest BCUT2D eigenvalue weighted by atomic mass is 16.2. The number of carbonyl (C=O) groups excluding carboxylic acids is 2. The molecule has 4 unspecified atom stereocenters. The average Bonchev–Trinajstić information content (AvgIpc) is 3.59. The fourth-order valence-electron chi connectivity index (χ4n) is 5.23. The molecule has 8 nitrogen and oxygen atoms in total. The molecule has 2 aromatic rings. The third kappa shape index (κ3) is 3.81. The number of benzene rings is 1. The normalized spacial score (nSPS) is 26.2. The van der Waals surface area contributed by atoms with Gasteiger partial charge in [0.15, 0.2) is 5.96 Å². The van der Waals surface area contributed by atoms with Gasteiger partial charge in [0.1, 0.15) is 0 Å². The van der Waals surface area contributed by atoms with Crippen LogP contribution in [0.5, 0.6) is 0 Å². The molecule has 5 rings (SSSR count). The van der Waals surface area contributed by atoms with Crippen LogP contribution in [0.1, 0.15) is 17.5 Å². The molecule has 3 aliphatic rings. The highest BCUT2D eigenvalue weighted by Gasteiger charge is 2.58. The van der Waals surface area contributed by atoms with Crippen molar-refractivity contribution in [2.75, 3.05) is 20.1 Å². The molecule has 2 bridgehead atoms. The van der Waals surface area contributed by atoms with Crippen molar-refractivity contribution in [3.05, 3.63) is 66.3 Å². The molecule has 1 aromatic heterocycles. The SMILES string of the molecule is CN=C(NCCN1C(=O)C2C3C=CC(C3)C2C1=O)NCc1ccc(Cn2ccnc2)cc1. The topological polar surface area (TPSA) is 91.6 Å². The van der Waals surface area contributed by atoms with Gasteiger partial charge in [0, 0.05) is 45.6 Å². The van der Waals surface area contributed by atoms with E-state index >= 15 is 0 Å². The van der Waals surface area contributed by atoms with Crippen molar-refractivity contribution in [3.8, 4) is 0 Å². The van der Waals surface area contributed by atoms with Gasteiger partial charge in [-0.1, -0.05) is 36.4 Å². The number of amides is 2. The number of imide groups is 1. The number of hydrogen-bond acceptors (Lipinski definition) is 4. The van der Waals surface area contributed by atoms with Crippen LogP contribution in [0, 0.1) is 23.7 Å². The van der Waals surface area contributed by atoms with Crippen LogP contribution in [-0.2, 0) is 22.7 Å². The first-order valence-electron chi connectivity index (χ1n) is 11.2. The Hall–Kier alpha value is -3.42.